The highest BCUT2D eigenvalue weighted by molar-refractivity contribution is 5.80. The number of carbonyl (C=O) groups excluding carboxylic acids is 1. The largest absolute Gasteiger partial charge is 0.383 e. The van der Waals surface area contributed by atoms with E-state index < -0.39 is 6.10 Å². The van der Waals surface area contributed by atoms with Crippen LogP contribution in [0.1, 0.15) is 47.3 Å². The van der Waals surface area contributed by atoms with E-state index in [4.69, 9.17) is 0 Å². The number of aromatic nitrogens is 2. The van der Waals surface area contributed by atoms with E-state index in [0.717, 1.165) is 23.4 Å². The number of fused-ring (bicyclic) bond motifs is 1. The summed E-state index contributed by atoms with van der Waals surface area (Å²) in [4.78, 5) is 14.3. The molecule has 28 heavy (non-hydrogen) atoms. The molecular weight excluding hydrogens is 350 g/mol. The number of aliphatic hydroxyl groups is 1. The third-order valence-electron chi connectivity index (χ3n) is 5.49. The second-order valence-electron chi connectivity index (χ2n) is 7.25. The molecule has 2 aromatic carbocycles. The Morgan fingerprint density at radius 3 is 2.29 bits per heavy atom. The zero-order valence-corrected chi connectivity index (χ0v) is 16.0. The van der Waals surface area contributed by atoms with Gasteiger partial charge in [0.1, 0.15) is 6.10 Å². The number of aliphatic hydroxyl groups excluding tert-OH is 1. The Bertz CT molecular complexity index is 897. The van der Waals surface area contributed by atoms with Crippen molar-refractivity contribution in [3.8, 4) is 0 Å². The van der Waals surface area contributed by atoms with Crippen LogP contribution in [0.4, 0.5) is 0 Å². The van der Waals surface area contributed by atoms with Crippen LogP contribution >= 0.6 is 0 Å². The van der Waals surface area contributed by atoms with Gasteiger partial charge in [0.25, 0.3) is 5.91 Å². The van der Waals surface area contributed by atoms with E-state index in [9.17, 15) is 9.90 Å². The molecule has 1 aliphatic rings. The van der Waals surface area contributed by atoms with E-state index in [2.05, 4.69) is 34.5 Å². The molecule has 1 amide bonds. The number of amides is 1. The van der Waals surface area contributed by atoms with Gasteiger partial charge < -0.3 is 10.0 Å². The van der Waals surface area contributed by atoms with E-state index in [1.165, 1.54) is 11.1 Å². The SMILES string of the molecule is CC[C@H](O)C(=O)N1CCc2[nH]nc(C(c3ccccc3)c3ccccc3)c2C1. The van der Waals surface area contributed by atoms with Crippen molar-refractivity contribution in [3.63, 3.8) is 0 Å². The van der Waals surface area contributed by atoms with Gasteiger partial charge in [-0.25, -0.2) is 0 Å². The summed E-state index contributed by atoms with van der Waals surface area (Å²) in [6, 6.07) is 20.6. The van der Waals surface area contributed by atoms with Crippen LogP contribution in [0.2, 0.25) is 0 Å². The lowest BCUT2D eigenvalue weighted by molar-refractivity contribution is -0.141. The highest BCUT2D eigenvalue weighted by atomic mass is 16.3. The Balaban J connectivity index is 1.74. The van der Waals surface area contributed by atoms with Crippen molar-refractivity contribution in [3.05, 3.63) is 88.7 Å². The van der Waals surface area contributed by atoms with Crippen LogP contribution in [0.25, 0.3) is 0 Å². The molecular formula is C23H25N3O2. The number of hydrogen-bond donors (Lipinski definition) is 2. The van der Waals surface area contributed by atoms with Gasteiger partial charge in [-0.1, -0.05) is 67.6 Å². The summed E-state index contributed by atoms with van der Waals surface area (Å²) in [6.07, 6.45) is 0.216. The van der Waals surface area contributed by atoms with E-state index in [-0.39, 0.29) is 11.8 Å². The number of benzene rings is 2. The molecule has 2 heterocycles. The predicted molar refractivity (Wildman–Crippen MR) is 108 cm³/mol. The molecule has 0 spiro atoms. The topological polar surface area (TPSA) is 69.2 Å². The van der Waals surface area contributed by atoms with Gasteiger partial charge in [-0.3, -0.25) is 9.89 Å². The molecule has 5 heteroatoms. The summed E-state index contributed by atoms with van der Waals surface area (Å²) in [5, 5.41) is 17.9. The van der Waals surface area contributed by atoms with E-state index in [1.54, 1.807) is 4.90 Å². The lowest BCUT2D eigenvalue weighted by Crippen LogP contribution is -2.42. The van der Waals surface area contributed by atoms with Crippen LogP contribution in [-0.4, -0.2) is 38.8 Å². The fraction of sp³-hybridized carbons (Fsp3) is 0.304. The predicted octanol–water partition coefficient (Wildman–Crippen LogP) is 3.25. The summed E-state index contributed by atoms with van der Waals surface area (Å²) in [5.41, 5.74) is 5.44. The maximum absolute atomic E-state index is 12.5. The zero-order chi connectivity index (χ0) is 19.5. The summed E-state index contributed by atoms with van der Waals surface area (Å²) < 4.78 is 0. The molecule has 0 fully saturated rings. The van der Waals surface area contributed by atoms with Crippen molar-refractivity contribution < 1.29 is 9.90 Å². The molecule has 4 rings (SSSR count). The Morgan fingerprint density at radius 2 is 1.71 bits per heavy atom. The Hall–Kier alpha value is -2.92. The van der Waals surface area contributed by atoms with Gasteiger partial charge in [-0.05, 0) is 17.5 Å². The van der Waals surface area contributed by atoms with Crippen molar-refractivity contribution >= 4 is 5.91 Å². The molecule has 0 radical (unpaired) electrons. The minimum atomic E-state index is -0.934. The highest BCUT2D eigenvalue weighted by Gasteiger charge is 2.31. The lowest BCUT2D eigenvalue weighted by Gasteiger charge is -2.29. The average Bonchev–Trinajstić information content (AvgIpc) is 3.17. The maximum atomic E-state index is 12.5. The van der Waals surface area contributed by atoms with Crippen LogP contribution in [0.15, 0.2) is 60.7 Å². The number of carbonyl (C=O) groups is 1. The highest BCUT2D eigenvalue weighted by Crippen LogP contribution is 2.35. The summed E-state index contributed by atoms with van der Waals surface area (Å²) >= 11 is 0. The standard InChI is InChI=1S/C23H25N3O2/c1-2-20(27)23(28)26-14-13-19-18(15-26)22(25-24-19)21(16-9-5-3-6-10-16)17-11-7-4-8-12-17/h3-12,20-21,27H,2,13-15H2,1H3,(H,24,25)/t20-/m0/s1. The number of rotatable bonds is 5. The van der Waals surface area contributed by atoms with Crippen LogP contribution < -0.4 is 0 Å². The maximum Gasteiger partial charge on any atom is 0.251 e. The molecule has 0 unspecified atom stereocenters. The van der Waals surface area contributed by atoms with E-state index in [0.29, 0.717) is 19.5 Å². The van der Waals surface area contributed by atoms with Crippen molar-refractivity contribution in [2.45, 2.75) is 38.3 Å². The van der Waals surface area contributed by atoms with Gasteiger partial charge in [0.15, 0.2) is 0 Å². The van der Waals surface area contributed by atoms with Gasteiger partial charge in [0.2, 0.25) is 0 Å². The molecule has 1 aromatic heterocycles. The van der Waals surface area contributed by atoms with Crippen molar-refractivity contribution in [2.75, 3.05) is 6.54 Å². The first-order valence-corrected chi connectivity index (χ1v) is 9.81. The molecule has 1 atom stereocenters. The van der Waals surface area contributed by atoms with Gasteiger partial charge in [-0.15, -0.1) is 0 Å². The molecule has 0 saturated carbocycles. The molecule has 2 N–H and O–H groups in total. The van der Waals surface area contributed by atoms with Gasteiger partial charge in [-0.2, -0.15) is 5.10 Å². The summed E-state index contributed by atoms with van der Waals surface area (Å²) in [7, 11) is 0. The van der Waals surface area contributed by atoms with Gasteiger partial charge in [0.05, 0.1) is 11.6 Å². The Labute approximate surface area is 165 Å². The van der Waals surface area contributed by atoms with Crippen molar-refractivity contribution in [2.24, 2.45) is 0 Å². The molecule has 0 aliphatic carbocycles. The fourth-order valence-corrected chi connectivity index (χ4v) is 3.93. The first kappa shape index (κ1) is 18.4. The smallest absolute Gasteiger partial charge is 0.251 e. The third kappa shape index (κ3) is 3.45. The number of aromatic amines is 1. The second kappa shape index (κ2) is 7.98. The first-order chi connectivity index (χ1) is 13.7. The van der Waals surface area contributed by atoms with Crippen LogP contribution in [0, 0.1) is 0 Å². The minimum Gasteiger partial charge on any atom is -0.383 e. The minimum absolute atomic E-state index is 0.00597. The normalized spacial score (nSPS) is 14.8. The number of nitrogens with zero attached hydrogens (tertiary/aromatic N) is 2. The molecule has 1 aliphatic heterocycles. The molecule has 5 nitrogen and oxygen atoms in total. The lowest BCUT2D eigenvalue weighted by atomic mass is 9.85. The Morgan fingerprint density at radius 1 is 1.11 bits per heavy atom. The van der Waals surface area contributed by atoms with Gasteiger partial charge in [0, 0.05) is 30.8 Å². The molecule has 0 bridgehead atoms. The quantitative estimate of drug-likeness (QED) is 0.719. The monoisotopic (exact) mass is 375 g/mol. The van der Waals surface area contributed by atoms with Crippen LogP contribution in [0.3, 0.4) is 0 Å². The first-order valence-electron chi connectivity index (χ1n) is 9.81. The number of hydrogen-bond acceptors (Lipinski definition) is 3. The van der Waals surface area contributed by atoms with Crippen LogP contribution in [-0.2, 0) is 17.8 Å². The van der Waals surface area contributed by atoms with E-state index in [1.807, 2.05) is 43.3 Å². The van der Waals surface area contributed by atoms with Crippen molar-refractivity contribution in [1.29, 1.82) is 0 Å². The van der Waals surface area contributed by atoms with Gasteiger partial charge >= 0.3 is 0 Å². The zero-order valence-electron chi connectivity index (χ0n) is 16.0. The van der Waals surface area contributed by atoms with Crippen molar-refractivity contribution in [1.82, 2.24) is 15.1 Å². The third-order valence-corrected chi connectivity index (χ3v) is 5.49. The molecule has 0 saturated heterocycles. The second-order valence-corrected chi connectivity index (χ2v) is 7.25. The number of H-pyrrole nitrogens is 1. The number of nitrogens with one attached hydrogen (secondary N) is 1. The summed E-state index contributed by atoms with van der Waals surface area (Å²) in [5.74, 6) is -0.204. The molecule has 144 valence electrons. The van der Waals surface area contributed by atoms with E-state index >= 15 is 0 Å². The van der Waals surface area contributed by atoms with Crippen LogP contribution in [0.5, 0.6) is 0 Å². The summed E-state index contributed by atoms with van der Waals surface area (Å²) in [6.45, 7) is 2.90. The molecule has 3 aromatic rings. The fourth-order valence-electron chi connectivity index (χ4n) is 3.93. The average molecular weight is 375 g/mol. The Kier molecular flexibility index (Phi) is 5.26.